The quantitative estimate of drug-likeness (QED) is 0.352. The Morgan fingerprint density at radius 1 is 1.00 bits per heavy atom. The normalized spacial score (nSPS) is 11.5. The highest BCUT2D eigenvalue weighted by atomic mass is 32.2. The van der Waals surface area contributed by atoms with Crippen LogP contribution in [-0.4, -0.2) is 30.0 Å². The Labute approximate surface area is 189 Å². The van der Waals surface area contributed by atoms with Crippen LogP contribution in [0.3, 0.4) is 0 Å². The molecular weight excluding hydrogens is 449 g/mol. The van der Waals surface area contributed by atoms with Crippen molar-refractivity contribution in [1.82, 2.24) is 9.97 Å². The third-order valence-electron chi connectivity index (χ3n) is 4.84. The highest BCUT2D eigenvalue weighted by Crippen LogP contribution is 2.30. The lowest BCUT2D eigenvalue weighted by molar-refractivity contribution is -0.118. The van der Waals surface area contributed by atoms with Crippen LogP contribution in [0.1, 0.15) is 18.5 Å². The van der Waals surface area contributed by atoms with Gasteiger partial charge in [-0.1, -0.05) is 29.5 Å². The van der Waals surface area contributed by atoms with Gasteiger partial charge in [0, 0.05) is 12.6 Å². The number of rotatable bonds is 8. The standard InChI is InChI=1S/C23H20FN3O3S2/c24-17-10-12-19(13-11-17)32(29,30)15-5-9-22(28)27(16-18-6-3-4-14-25-18)23-26-20-7-1-2-8-21(20)31-23/h1-4,6-8,10-14H,5,9,15-16H2. The second-order valence-electron chi connectivity index (χ2n) is 7.14. The molecule has 0 aliphatic heterocycles. The van der Waals surface area contributed by atoms with Gasteiger partial charge >= 0.3 is 0 Å². The van der Waals surface area contributed by atoms with Gasteiger partial charge in [0.15, 0.2) is 15.0 Å². The van der Waals surface area contributed by atoms with Gasteiger partial charge in [0.05, 0.1) is 33.1 Å². The van der Waals surface area contributed by atoms with Gasteiger partial charge in [-0.2, -0.15) is 0 Å². The van der Waals surface area contributed by atoms with Crippen molar-refractivity contribution in [2.75, 3.05) is 10.7 Å². The van der Waals surface area contributed by atoms with Crippen molar-refractivity contribution in [3.05, 3.63) is 84.4 Å². The fourth-order valence-electron chi connectivity index (χ4n) is 3.20. The number of aromatic nitrogens is 2. The second-order valence-corrected chi connectivity index (χ2v) is 10.3. The smallest absolute Gasteiger partial charge is 0.229 e. The van der Waals surface area contributed by atoms with Gasteiger partial charge in [0.2, 0.25) is 5.91 Å². The zero-order valence-corrected chi connectivity index (χ0v) is 18.7. The summed E-state index contributed by atoms with van der Waals surface area (Å²) in [6.07, 6.45) is 1.83. The van der Waals surface area contributed by atoms with Crippen LogP contribution in [0.5, 0.6) is 0 Å². The van der Waals surface area contributed by atoms with E-state index < -0.39 is 15.7 Å². The van der Waals surface area contributed by atoms with Crippen molar-refractivity contribution in [2.24, 2.45) is 0 Å². The van der Waals surface area contributed by atoms with Crippen molar-refractivity contribution in [1.29, 1.82) is 0 Å². The van der Waals surface area contributed by atoms with Crippen LogP contribution in [0.25, 0.3) is 10.2 Å². The van der Waals surface area contributed by atoms with Gasteiger partial charge in [-0.15, -0.1) is 0 Å². The molecule has 0 aliphatic rings. The number of thiazole rings is 1. The topological polar surface area (TPSA) is 80.2 Å². The summed E-state index contributed by atoms with van der Waals surface area (Å²) in [5.41, 5.74) is 1.50. The van der Waals surface area contributed by atoms with E-state index in [0.717, 1.165) is 22.3 Å². The molecule has 0 unspecified atom stereocenters. The van der Waals surface area contributed by atoms with Crippen LogP contribution in [0.15, 0.2) is 77.8 Å². The number of hydrogen-bond donors (Lipinski definition) is 0. The first-order valence-electron chi connectivity index (χ1n) is 9.96. The lowest BCUT2D eigenvalue weighted by atomic mass is 10.2. The lowest BCUT2D eigenvalue weighted by Crippen LogP contribution is -2.30. The number of carbonyl (C=O) groups is 1. The predicted molar refractivity (Wildman–Crippen MR) is 123 cm³/mol. The van der Waals surface area contributed by atoms with E-state index in [-0.39, 0.29) is 35.9 Å². The number of sulfone groups is 1. The molecule has 164 valence electrons. The predicted octanol–water partition coefficient (Wildman–Crippen LogP) is 4.62. The summed E-state index contributed by atoms with van der Waals surface area (Å²) in [6, 6.07) is 17.8. The first kappa shape index (κ1) is 22.0. The molecule has 0 saturated carbocycles. The highest BCUT2D eigenvalue weighted by molar-refractivity contribution is 7.91. The number of para-hydroxylation sites is 1. The highest BCUT2D eigenvalue weighted by Gasteiger charge is 2.22. The number of benzene rings is 2. The van der Waals surface area contributed by atoms with Crippen LogP contribution in [0.2, 0.25) is 0 Å². The fourth-order valence-corrected chi connectivity index (χ4v) is 5.49. The number of carbonyl (C=O) groups excluding carboxylic acids is 1. The number of amides is 1. The minimum absolute atomic E-state index is 0.0309. The minimum atomic E-state index is -3.61. The van der Waals surface area contributed by atoms with Crippen LogP contribution in [0, 0.1) is 5.82 Å². The molecule has 4 rings (SSSR count). The third-order valence-corrected chi connectivity index (χ3v) is 7.71. The van der Waals surface area contributed by atoms with Crippen LogP contribution < -0.4 is 4.90 Å². The van der Waals surface area contributed by atoms with Gasteiger partial charge in [-0.05, 0) is 55.0 Å². The second kappa shape index (κ2) is 9.54. The molecule has 2 heterocycles. The Morgan fingerprint density at radius 2 is 1.75 bits per heavy atom. The van der Waals surface area contributed by atoms with Crippen LogP contribution >= 0.6 is 11.3 Å². The molecule has 0 N–H and O–H groups in total. The number of hydrogen-bond acceptors (Lipinski definition) is 6. The Bertz CT molecular complexity index is 1290. The summed E-state index contributed by atoms with van der Waals surface area (Å²) in [5.74, 6) is -0.939. The Morgan fingerprint density at radius 3 is 2.47 bits per heavy atom. The Hall–Kier alpha value is -3.17. The zero-order valence-electron chi connectivity index (χ0n) is 17.0. The molecule has 2 aromatic heterocycles. The largest absolute Gasteiger partial charge is 0.282 e. The molecule has 0 atom stereocenters. The maximum absolute atomic E-state index is 13.1. The van der Waals surface area contributed by atoms with Crippen LogP contribution in [0.4, 0.5) is 9.52 Å². The number of pyridine rings is 1. The van der Waals surface area contributed by atoms with E-state index in [9.17, 15) is 17.6 Å². The van der Waals surface area contributed by atoms with Crippen molar-refractivity contribution in [2.45, 2.75) is 24.3 Å². The molecule has 0 bridgehead atoms. The Kier molecular flexibility index (Phi) is 6.57. The number of nitrogens with zero attached hydrogens (tertiary/aromatic N) is 3. The van der Waals surface area contributed by atoms with Crippen molar-refractivity contribution in [3.8, 4) is 0 Å². The van der Waals surface area contributed by atoms with Crippen molar-refractivity contribution >= 4 is 42.4 Å². The monoisotopic (exact) mass is 469 g/mol. The minimum Gasteiger partial charge on any atom is -0.282 e. The molecule has 4 aromatic rings. The molecule has 9 heteroatoms. The van der Waals surface area contributed by atoms with E-state index in [1.54, 1.807) is 17.2 Å². The van der Waals surface area contributed by atoms with Crippen molar-refractivity contribution in [3.63, 3.8) is 0 Å². The number of anilines is 1. The summed E-state index contributed by atoms with van der Waals surface area (Å²) < 4.78 is 39.1. The zero-order chi connectivity index (χ0) is 22.6. The molecule has 32 heavy (non-hydrogen) atoms. The first-order chi connectivity index (χ1) is 15.4. The van der Waals surface area contributed by atoms with Crippen LogP contribution in [-0.2, 0) is 21.2 Å². The molecule has 0 aliphatic carbocycles. The van der Waals surface area contributed by atoms with Gasteiger partial charge in [-0.3, -0.25) is 14.7 Å². The first-order valence-corrected chi connectivity index (χ1v) is 12.4. The van der Waals surface area contributed by atoms with E-state index in [0.29, 0.717) is 10.8 Å². The maximum Gasteiger partial charge on any atom is 0.229 e. The Balaban J connectivity index is 1.50. The molecule has 0 radical (unpaired) electrons. The van der Waals surface area contributed by atoms with E-state index >= 15 is 0 Å². The lowest BCUT2D eigenvalue weighted by Gasteiger charge is -2.19. The number of fused-ring (bicyclic) bond motifs is 1. The molecule has 0 fully saturated rings. The average molecular weight is 470 g/mol. The average Bonchev–Trinajstić information content (AvgIpc) is 3.22. The fraction of sp³-hybridized carbons (Fsp3) is 0.174. The van der Waals surface area contributed by atoms with Gasteiger partial charge < -0.3 is 0 Å². The molecular formula is C23H20FN3O3S2. The summed E-state index contributed by atoms with van der Waals surface area (Å²) in [7, 11) is -3.61. The van der Waals surface area contributed by atoms with Gasteiger partial charge in [-0.25, -0.2) is 17.8 Å². The summed E-state index contributed by atoms with van der Waals surface area (Å²) in [5, 5.41) is 0.545. The van der Waals surface area contributed by atoms with E-state index in [2.05, 4.69) is 9.97 Å². The molecule has 0 spiro atoms. The van der Waals surface area contributed by atoms with Gasteiger partial charge in [0.25, 0.3) is 0 Å². The summed E-state index contributed by atoms with van der Waals surface area (Å²) in [6.45, 7) is 0.240. The number of halogens is 1. The van der Waals surface area contributed by atoms with E-state index in [4.69, 9.17) is 0 Å². The van der Waals surface area contributed by atoms with Gasteiger partial charge in [0.1, 0.15) is 5.82 Å². The van der Waals surface area contributed by atoms with E-state index in [1.807, 2.05) is 36.4 Å². The third kappa shape index (κ3) is 5.17. The summed E-state index contributed by atoms with van der Waals surface area (Å²) in [4.78, 5) is 23.6. The van der Waals surface area contributed by atoms with E-state index in [1.165, 1.54) is 23.5 Å². The van der Waals surface area contributed by atoms with Crippen molar-refractivity contribution < 1.29 is 17.6 Å². The molecule has 1 amide bonds. The molecule has 2 aromatic carbocycles. The summed E-state index contributed by atoms with van der Waals surface area (Å²) >= 11 is 1.40. The molecule has 6 nitrogen and oxygen atoms in total. The SMILES string of the molecule is O=C(CCCS(=O)(=O)c1ccc(F)cc1)N(Cc1ccccn1)c1nc2ccccc2s1. The maximum atomic E-state index is 13.1. The molecule has 0 saturated heterocycles.